The molecule has 2 aromatic rings. The van der Waals surface area contributed by atoms with Crippen LogP contribution in [0.5, 0.6) is 5.75 Å². The van der Waals surface area contributed by atoms with Gasteiger partial charge in [-0.25, -0.2) is 26.7 Å². The summed E-state index contributed by atoms with van der Waals surface area (Å²) in [5.74, 6) is -15.1. The second-order valence-electron chi connectivity index (χ2n) is 7.11. The van der Waals surface area contributed by atoms with Gasteiger partial charge in [-0.3, -0.25) is 9.59 Å². The molecule has 6 nitrogen and oxygen atoms in total. The van der Waals surface area contributed by atoms with E-state index in [-0.39, 0.29) is 18.1 Å². The molecule has 1 atom stereocenters. The second kappa shape index (κ2) is 10.7. The Labute approximate surface area is 179 Å². The van der Waals surface area contributed by atoms with E-state index in [2.05, 4.69) is 5.32 Å². The number of esters is 1. The molecule has 11 heteroatoms. The Morgan fingerprint density at radius 3 is 1.94 bits per heavy atom. The summed E-state index contributed by atoms with van der Waals surface area (Å²) in [5.41, 5.74) is -1.72. The van der Waals surface area contributed by atoms with Gasteiger partial charge in [0, 0.05) is 0 Å². The van der Waals surface area contributed by atoms with Gasteiger partial charge < -0.3 is 15.4 Å². The number of amides is 2. The van der Waals surface area contributed by atoms with Gasteiger partial charge in [0.1, 0.15) is 23.9 Å². The molecule has 0 saturated carbocycles. The predicted octanol–water partition coefficient (Wildman–Crippen LogP) is 3.25. The highest BCUT2D eigenvalue weighted by molar-refractivity contribution is 5.98. The van der Waals surface area contributed by atoms with E-state index in [0.717, 1.165) is 0 Å². The Balaban J connectivity index is 2.12. The average molecular weight is 458 g/mol. The minimum Gasteiger partial charge on any atom is -0.425 e. The number of para-hydroxylation sites is 1. The van der Waals surface area contributed by atoms with E-state index in [1.807, 2.05) is 5.32 Å². The molecule has 0 aromatic heterocycles. The topological polar surface area (TPSA) is 84.5 Å². The smallest absolute Gasteiger partial charge is 0.330 e. The van der Waals surface area contributed by atoms with E-state index in [4.69, 9.17) is 4.74 Å². The monoisotopic (exact) mass is 458 g/mol. The zero-order valence-corrected chi connectivity index (χ0v) is 17.0. The van der Waals surface area contributed by atoms with Crippen molar-refractivity contribution < 1.29 is 41.1 Å². The molecule has 0 aliphatic carbocycles. The summed E-state index contributed by atoms with van der Waals surface area (Å²) < 4.78 is 72.7. The summed E-state index contributed by atoms with van der Waals surface area (Å²) in [6, 6.07) is 6.52. The molecule has 0 aliphatic heterocycles. The van der Waals surface area contributed by atoms with Crippen LogP contribution in [0.15, 0.2) is 30.3 Å². The molecule has 0 heterocycles. The minimum absolute atomic E-state index is 0.0549. The maximum atomic E-state index is 13.9. The standard InChI is InChI=1S/C21H19F5N2O4/c1-10(2)8-12(20(30)27-9-13(29)32-11-6-4-3-5-7-11)28-21(31)14-15(22)17(24)19(26)18(25)16(14)23/h3-7,10,12H,8-9H2,1-2H3,(H,27,30)(H,28,31)/t12-/m0/s1. The van der Waals surface area contributed by atoms with Crippen molar-refractivity contribution in [1.82, 2.24) is 10.6 Å². The van der Waals surface area contributed by atoms with Crippen molar-refractivity contribution in [1.29, 1.82) is 0 Å². The summed E-state index contributed by atoms with van der Waals surface area (Å²) in [6.45, 7) is 2.73. The van der Waals surface area contributed by atoms with Gasteiger partial charge in [-0.1, -0.05) is 32.0 Å². The molecule has 0 spiro atoms. The van der Waals surface area contributed by atoms with Gasteiger partial charge >= 0.3 is 5.97 Å². The highest BCUT2D eigenvalue weighted by Gasteiger charge is 2.32. The summed E-state index contributed by atoms with van der Waals surface area (Å²) in [6.07, 6.45) is -0.0549. The number of halogens is 5. The Morgan fingerprint density at radius 2 is 1.41 bits per heavy atom. The highest BCUT2D eigenvalue weighted by atomic mass is 19.2. The van der Waals surface area contributed by atoms with Crippen molar-refractivity contribution in [3.63, 3.8) is 0 Å². The van der Waals surface area contributed by atoms with E-state index < -0.39 is 65.0 Å². The van der Waals surface area contributed by atoms with E-state index in [1.165, 1.54) is 12.1 Å². The van der Waals surface area contributed by atoms with E-state index in [0.29, 0.717) is 0 Å². The van der Waals surface area contributed by atoms with Crippen LogP contribution in [0.4, 0.5) is 22.0 Å². The number of benzene rings is 2. The number of hydrogen-bond acceptors (Lipinski definition) is 4. The van der Waals surface area contributed by atoms with Crippen molar-refractivity contribution in [3.05, 3.63) is 65.0 Å². The zero-order valence-electron chi connectivity index (χ0n) is 17.0. The zero-order chi connectivity index (χ0) is 24.0. The predicted molar refractivity (Wildman–Crippen MR) is 102 cm³/mol. The van der Waals surface area contributed by atoms with E-state index >= 15 is 0 Å². The maximum Gasteiger partial charge on any atom is 0.330 e. The van der Waals surface area contributed by atoms with Crippen LogP contribution in [0.1, 0.15) is 30.6 Å². The Hall–Kier alpha value is -3.50. The molecule has 2 N–H and O–H groups in total. The third-order valence-electron chi connectivity index (χ3n) is 4.15. The van der Waals surface area contributed by atoms with Gasteiger partial charge in [-0.05, 0) is 24.5 Å². The van der Waals surface area contributed by atoms with Crippen molar-refractivity contribution in [2.24, 2.45) is 5.92 Å². The van der Waals surface area contributed by atoms with Crippen molar-refractivity contribution >= 4 is 17.8 Å². The molecule has 0 aliphatic rings. The molecule has 0 fully saturated rings. The van der Waals surface area contributed by atoms with Crippen LogP contribution >= 0.6 is 0 Å². The van der Waals surface area contributed by atoms with Gasteiger partial charge in [-0.2, -0.15) is 0 Å². The third-order valence-corrected chi connectivity index (χ3v) is 4.15. The van der Waals surface area contributed by atoms with Crippen LogP contribution in [0.2, 0.25) is 0 Å². The molecule has 0 unspecified atom stereocenters. The van der Waals surface area contributed by atoms with Crippen LogP contribution in [0, 0.1) is 35.0 Å². The number of rotatable bonds is 8. The number of carbonyl (C=O) groups excluding carboxylic acids is 3. The number of carbonyl (C=O) groups is 3. The highest BCUT2D eigenvalue weighted by Crippen LogP contribution is 2.23. The van der Waals surface area contributed by atoms with Crippen LogP contribution in [-0.2, 0) is 9.59 Å². The first-order valence-corrected chi connectivity index (χ1v) is 9.38. The molecular weight excluding hydrogens is 439 g/mol. The number of hydrogen-bond donors (Lipinski definition) is 2. The van der Waals surface area contributed by atoms with Crippen LogP contribution in [0.25, 0.3) is 0 Å². The first-order valence-electron chi connectivity index (χ1n) is 9.38. The fourth-order valence-electron chi connectivity index (χ4n) is 2.68. The second-order valence-corrected chi connectivity index (χ2v) is 7.11. The van der Waals surface area contributed by atoms with Crippen molar-refractivity contribution in [2.75, 3.05) is 6.54 Å². The van der Waals surface area contributed by atoms with Gasteiger partial charge in [-0.15, -0.1) is 0 Å². The minimum atomic E-state index is -2.41. The Morgan fingerprint density at radius 1 is 0.875 bits per heavy atom. The molecule has 0 radical (unpaired) electrons. The van der Waals surface area contributed by atoms with Crippen molar-refractivity contribution in [2.45, 2.75) is 26.3 Å². The molecule has 2 amide bonds. The molecule has 172 valence electrons. The first kappa shape index (κ1) is 24.8. The normalized spacial score (nSPS) is 11.8. The van der Waals surface area contributed by atoms with E-state index in [9.17, 15) is 36.3 Å². The molecule has 32 heavy (non-hydrogen) atoms. The van der Waals surface area contributed by atoms with Crippen LogP contribution < -0.4 is 15.4 Å². The fraction of sp³-hybridized carbons (Fsp3) is 0.286. The SMILES string of the molecule is CC(C)C[C@H](NC(=O)c1c(F)c(F)c(F)c(F)c1F)C(=O)NCC(=O)Oc1ccccc1. The summed E-state index contributed by atoms with van der Waals surface area (Å²) in [5, 5.41) is 4.16. The molecule has 2 aromatic carbocycles. The lowest BCUT2D eigenvalue weighted by molar-refractivity contribution is -0.136. The molecule has 2 rings (SSSR count). The average Bonchev–Trinajstić information content (AvgIpc) is 2.74. The molecule has 0 saturated heterocycles. The molecule has 0 bridgehead atoms. The maximum absolute atomic E-state index is 13.9. The van der Waals surface area contributed by atoms with Gasteiger partial charge in [0.2, 0.25) is 11.7 Å². The van der Waals surface area contributed by atoms with Gasteiger partial charge in [0.15, 0.2) is 23.3 Å². The van der Waals surface area contributed by atoms with Gasteiger partial charge in [0.25, 0.3) is 5.91 Å². The summed E-state index contributed by atoms with van der Waals surface area (Å²) in [7, 11) is 0. The summed E-state index contributed by atoms with van der Waals surface area (Å²) in [4.78, 5) is 36.5. The lowest BCUT2D eigenvalue weighted by Crippen LogP contribution is -2.49. The number of nitrogens with one attached hydrogen (secondary N) is 2. The third kappa shape index (κ3) is 6.02. The lowest BCUT2D eigenvalue weighted by atomic mass is 10.0. The first-order chi connectivity index (χ1) is 15.0. The Kier molecular flexibility index (Phi) is 8.27. The Bertz CT molecular complexity index is 986. The quantitative estimate of drug-likeness (QED) is 0.209. The fourth-order valence-corrected chi connectivity index (χ4v) is 2.68. The van der Waals surface area contributed by atoms with E-state index in [1.54, 1.807) is 32.0 Å². The number of ether oxygens (including phenoxy) is 1. The lowest BCUT2D eigenvalue weighted by Gasteiger charge is -2.20. The van der Waals surface area contributed by atoms with Crippen LogP contribution in [-0.4, -0.2) is 30.4 Å². The summed E-state index contributed by atoms with van der Waals surface area (Å²) >= 11 is 0. The largest absolute Gasteiger partial charge is 0.425 e. The van der Waals surface area contributed by atoms with Gasteiger partial charge in [0.05, 0.1) is 0 Å². The molecular formula is C21H19F5N2O4. The van der Waals surface area contributed by atoms with Crippen LogP contribution in [0.3, 0.4) is 0 Å². The van der Waals surface area contributed by atoms with Crippen molar-refractivity contribution in [3.8, 4) is 5.75 Å².